The Morgan fingerprint density at radius 1 is 1.17 bits per heavy atom. The van der Waals surface area contributed by atoms with Gasteiger partial charge in [0.1, 0.15) is 13.2 Å². The minimum atomic E-state index is -0.105. The van der Waals surface area contributed by atoms with E-state index in [1.807, 2.05) is 24.7 Å². The zero-order valence-corrected chi connectivity index (χ0v) is 21.2. The molecule has 0 spiro atoms. The summed E-state index contributed by atoms with van der Waals surface area (Å²) in [6, 6.07) is 6.20. The SMILES string of the molecule is CCNC(=NCc1c(C)nn(C)c1C)NCC(C)(C)c1ccc2c(c1)OCCO2.I. The average Bonchev–Trinajstić information content (AvgIpc) is 2.95. The molecule has 0 fully saturated rings. The lowest BCUT2D eigenvalue weighted by atomic mass is 9.84. The smallest absolute Gasteiger partial charge is 0.191 e. The third-order valence-electron chi connectivity index (χ3n) is 5.42. The van der Waals surface area contributed by atoms with Gasteiger partial charge >= 0.3 is 0 Å². The molecule has 2 aromatic rings. The zero-order valence-electron chi connectivity index (χ0n) is 18.8. The molecule has 8 heteroatoms. The number of aromatic nitrogens is 2. The lowest BCUT2D eigenvalue weighted by Crippen LogP contribution is -2.43. The molecule has 0 saturated heterocycles. The fraction of sp³-hybridized carbons (Fsp3) is 0.545. The van der Waals surface area contributed by atoms with E-state index in [9.17, 15) is 0 Å². The molecule has 0 unspecified atom stereocenters. The van der Waals surface area contributed by atoms with Gasteiger partial charge < -0.3 is 20.1 Å². The van der Waals surface area contributed by atoms with Crippen LogP contribution in [0.4, 0.5) is 0 Å². The Kier molecular flexibility index (Phi) is 8.40. The third-order valence-corrected chi connectivity index (χ3v) is 5.42. The fourth-order valence-electron chi connectivity index (χ4n) is 3.42. The largest absolute Gasteiger partial charge is 0.486 e. The lowest BCUT2D eigenvalue weighted by molar-refractivity contribution is 0.171. The molecule has 0 amide bonds. The highest BCUT2D eigenvalue weighted by Gasteiger charge is 2.24. The normalized spacial score (nSPS) is 13.6. The molecule has 0 aliphatic carbocycles. The van der Waals surface area contributed by atoms with Gasteiger partial charge in [-0.05, 0) is 38.5 Å². The van der Waals surface area contributed by atoms with E-state index in [1.54, 1.807) is 0 Å². The van der Waals surface area contributed by atoms with Crippen LogP contribution in [0.3, 0.4) is 0 Å². The molecule has 166 valence electrons. The Bertz CT molecular complexity index is 892. The van der Waals surface area contributed by atoms with Gasteiger partial charge in [-0.15, -0.1) is 24.0 Å². The van der Waals surface area contributed by atoms with E-state index in [2.05, 4.69) is 55.6 Å². The standard InChI is InChI=1S/C22H33N5O2.HI/c1-7-23-21(24-13-18-15(2)26-27(6)16(18)3)25-14-22(4,5)17-8-9-19-20(12-17)29-11-10-28-19;/h8-9,12H,7,10-11,13-14H2,1-6H3,(H2,23,24,25);1H. The van der Waals surface area contributed by atoms with E-state index in [-0.39, 0.29) is 29.4 Å². The quantitative estimate of drug-likeness (QED) is 0.342. The van der Waals surface area contributed by atoms with E-state index in [4.69, 9.17) is 14.5 Å². The van der Waals surface area contributed by atoms with Crippen molar-refractivity contribution in [1.82, 2.24) is 20.4 Å². The predicted octanol–water partition coefficient (Wildman–Crippen LogP) is 3.46. The fourth-order valence-corrected chi connectivity index (χ4v) is 3.42. The number of aliphatic imine (C=N–C) groups is 1. The Morgan fingerprint density at radius 2 is 1.87 bits per heavy atom. The van der Waals surface area contributed by atoms with E-state index in [1.165, 1.54) is 11.1 Å². The van der Waals surface area contributed by atoms with Crippen LogP contribution in [0.25, 0.3) is 0 Å². The lowest BCUT2D eigenvalue weighted by Gasteiger charge is -2.28. The van der Waals surface area contributed by atoms with Crippen molar-refractivity contribution < 1.29 is 9.47 Å². The summed E-state index contributed by atoms with van der Waals surface area (Å²) >= 11 is 0. The maximum atomic E-state index is 5.75. The second-order valence-electron chi connectivity index (χ2n) is 8.06. The van der Waals surface area contributed by atoms with Crippen LogP contribution in [0.5, 0.6) is 11.5 Å². The summed E-state index contributed by atoms with van der Waals surface area (Å²) in [5, 5.41) is 11.3. The van der Waals surface area contributed by atoms with Crippen LogP contribution >= 0.6 is 24.0 Å². The van der Waals surface area contributed by atoms with Crippen molar-refractivity contribution in [2.75, 3.05) is 26.3 Å². The Hall–Kier alpha value is -1.97. The van der Waals surface area contributed by atoms with Crippen molar-refractivity contribution in [3.8, 4) is 11.5 Å². The van der Waals surface area contributed by atoms with Crippen LogP contribution in [-0.4, -0.2) is 42.0 Å². The zero-order chi connectivity index (χ0) is 21.0. The van der Waals surface area contributed by atoms with Crippen molar-refractivity contribution >= 4 is 29.9 Å². The number of fused-ring (bicyclic) bond motifs is 1. The summed E-state index contributed by atoms with van der Waals surface area (Å²) in [7, 11) is 1.97. The number of nitrogens with zero attached hydrogens (tertiary/aromatic N) is 3. The van der Waals surface area contributed by atoms with Crippen molar-refractivity contribution in [2.45, 2.75) is 46.6 Å². The molecule has 30 heavy (non-hydrogen) atoms. The first kappa shape index (κ1) is 24.3. The monoisotopic (exact) mass is 527 g/mol. The van der Waals surface area contributed by atoms with Crippen LogP contribution < -0.4 is 20.1 Å². The first-order chi connectivity index (χ1) is 13.8. The number of halogens is 1. The molecule has 0 radical (unpaired) electrons. The summed E-state index contributed by atoms with van der Waals surface area (Å²) in [4.78, 5) is 4.78. The highest BCUT2D eigenvalue weighted by Crippen LogP contribution is 2.34. The Balaban J connectivity index is 0.00000320. The van der Waals surface area contributed by atoms with E-state index < -0.39 is 0 Å². The third kappa shape index (κ3) is 5.59. The summed E-state index contributed by atoms with van der Waals surface area (Å²) in [5.74, 6) is 2.45. The van der Waals surface area contributed by atoms with Crippen molar-refractivity contribution in [3.63, 3.8) is 0 Å². The molecule has 3 rings (SSSR count). The number of ether oxygens (including phenoxy) is 2. The number of nitrogens with one attached hydrogen (secondary N) is 2. The number of hydrogen-bond donors (Lipinski definition) is 2. The molecule has 0 bridgehead atoms. The van der Waals surface area contributed by atoms with Gasteiger partial charge in [-0.2, -0.15) is 5.10 Å². The number of guanidine groups is 1. The van der Waals surface area contributed by atoms with Gasteiger partial charge in [-0.3, -0.25) is 4.68 Å². The molecule has 1 aromatic heterocycles. The number of rotatable bonds is 6. The molecule has 0 saturated carbocycles. The molecule has 2 N–H and O–H groups in total. The number of hydrogen-bond acceptors (Lipinski definition) is 4. The van der Waals surface area contributed by atoms with Crippen molar-refractivity contribution in [3.05, 3.63) is 40.7 Å². The maximum Gasteiger partial charge on any atom is 0.191 e. The van der Waals surface area contributed by atoms with Crippen LogP contribution in [0.15, 0.2) is 23.2 Å². The molecular weight excluding hydrogens is 493 g/mol. The number of benzene rings is 1. The maximum absolute atomic E-state index is 5.75. The molecule has 2 heterocycles. The van der Waals surface area contributed by atoms with Gasteiger partial charge in [0, 0.05) is 36.8 Å². The summed E-state index contributed by atoms with van der Waals surface area (Å²) in [6.45, 7) is 14.0. The van der Waals surface area contributed by atoms with Crippen LogP contribution in [0.1, 0.15) is 43.3 Å². The van der Waals surface area contributed by atoms with Gasteiger partial charge in [-0.25, -0.2) is 4.99 Å². The molecule has 1 aliphatic rings. The summed E-state index contributed by atoms with van der Waals surface area (Å²) in [5.41, 5.74) is 4.45. The second kappa shape index (κ2) is 10.4. The van der Waals surface area contributed by atoms with E-state index >= 15 is 0 Å². The first-order valence-corrected chi connectivity index (χ1v) is 10.2. The van der Waals surface area contributed by atoms with Crippen LogP contribution in [-0.2, 0) is 19.0 Å². The van der Waals surface area contributed by atoms with Gasteiger partial charge in [0.05, 0.1) is 12.2 Å². The summed E-state index contributed by atoms with van der Waals surface area (Å²) < 4.78 is 13.3. The molecule has 1 aromatic carbocycles. The highest BCUT2D eigenvalue weighted by molar-refractivity contribution is 14.0. The molecule has 0 atom stereocenters. The van der Waals surface area contributed by atoms with Gasteiger partial charge in [0.25, 0.3) is 0 Å². The molecule has 1 aliphatic heterocycles. The number of aryl methyl sites for hydroxylation is 2. The highest BCUT2D eigenvalue weighted by atomic mass is 127. The van der Waals surface area contributed by atoms with Crippen LogP contribution in [0.2, 0.25) is 0 Å². The van der Waals surface area contributed by atoms with Crippen molar-refractivity contribution in [1.29, 1.82) is 0 Å². The van der Waals surface area contributed by atoms with Crippen LogP contribution in [0, 0.1) is 13.8 Å². The van der Waals surface area contributed by atoms with Gasteiger partial charge in [0.15, 0.2) is 17.5 Å². The van der Waals surface area contributed by atoms with E-state index in [0.29, 0.717) is 19.8 Å². The van der Waals surface area contributed by atoms with E-state index in [0.717, 1.165) is 41.9 Å². The first-order valence-electron chi connectivity index (χ1n) is 10.2. The Morgan fingerprint density at radius 3 is 2.50 bits per heavy atom. The second-order valence-corrected chi connectivity index (χ2v) is 8.06. The minimum absolute atomic E-state index is 0. The molecule has 7 nitrogen and oxygen atoms in total. The Labute approximate surface area is 196 Å². The molecular formula is C22H34IN5O2. The topological polar surface area (TPSA) is 72.7 Å². The summed E-state index contributed by atoms with van der Waals surface area (Å²) in [6.07, 6.45) is 0. The predicted molar refractivity (Wildman–Crippen MR) is 131 cm³/mol. The minimum Gasteiger partial charge on any atom is -0.486 e. The van der Waals surface area contributed by atoms with Gasteiger partial charge in [-0.1, -0.05) is 19.9 Å². The van der Waals surface area contributed by atoms with Crippen molar-refractivity contribution in [2.24, 2.45) is 12.0 Å². The van der Waals surface area contributed by atoms with Gasteiger partial charge in [0.2, 0.25) is 0 Å². The average molecular weight is 527 g/mol.